The van der Waals surface area contributed by atoms with Crippen molar-refractivity contribution >= 4 is 10.9 Å². The Kier molecular flexibility index (Phi) is 2.40. The molecule has 0 bridgehead atoms. The van der Waals surface area contributed by atoms with Gasteiger partial charge >= 0.3 is 0 Å². The van der Waals surface area contributed by atoms with Crippen LogP contribution in [0, 0.1) is 6.92 Å². The summed E-state index contributed by atoms with van der Waals surface area (Å²) in [6.07, 6.45) is 4.67. The number of benzene rings is 1. The molecule has 3 nitrogen and oxygen atoms in total. The molecule has 1 aliphatic heterocycles. The molecule has 84 valence electrons. The number of piperidine rings is 1. The number of nitrogens with zero attached hydrogens (tertiary/aromatic N) is 2. The van der Waals surface area contributed by atoms with Crippen LogP contribution in [0.1, 0.15) is 24.4 Å². The van der Waals surface area contributed by atoms with Gasteiger partial charge in [0.15, 0.2) is 0 Å². The Labute approximate surface area is 95.5 Å². The number of hydrogen-bond acceptors (Lipinski definition) is 2. The Hall–Kier alpha value is -1.35. The molecular weight excluding hydrogens is 198 g/mol. The summed E-state index contributed by atoms with van der Waals surface area (Å²) in [6.45, 7) is 4.32. The summed E-state index contributed by atoms with van der Waals surface area (Å²) in [5.74, 6) is 0. The Morgan fingerprint density at radius 3 is 3.12 bits per heavy atom. The fraction of sp³-hybridized carbons (Fsp3) is 0.462. The van der Waals surface area contributed by atoms with Crippen LogP contribution in [0.3, 0.4) is 0 Å². The standard InChI is InChI=1S/C13H17N3/c1-10-4-2-5-11-9-16(15-13(10)11)12-6-3-7-14-8-12/h2,4-5,9,12,14H,3,6-8H2,1H3. The quantitative estimate of drug-likeness (QED) is 0.791. The smallest absolute Gasteiger partial charge is 0.0952 e. The van der Waals surface area contributed by atoms with Gasteiger partial charge in [-0.05, 0) is 31.9 Å². The van der Waals surface area contributed by atoms with E-state index in [0.717, 1.165) is 18.6 Å². The number of aromatic nitrogens is 2. The van der Waals surface area contributed by atoms with E-state index in [0.29, 0.717) is 6.04 Å². The van der Waals surface area contributed by atoms with Crippen LogP contribution < -0.4 is 5.32 Å². The summed E-state index contributed by atoms with van der Waals surface area (Å²) in [4.78, 5) is 0. The van der Waals surface area contributed by atoms with Gasteiger partial charge < -0.3 is 5.32 Å². The van der Waals surface area contributed by atoms with E-state index >= 15 is 0 Å². The summed E-state index contributed by atoms with van der Waals surface area (Å²) < 4.78 is 2.14. The maximum absolute atomic E-state index is 4.71. The van der Waals surface area contributed by atoms with E-state index in [1.807, 2.05) is 0 Å². The molecule has 1 fully saturated rings. The van der Waals surface area contributed by atoms with Crippen LogP contribution >= 0.6 is 0 Å². The first-order valence-electron chi connectivity index (χ1n) is 6.00. The third-order valence-electron chi connectivity index (χ3n) is 3.40. The molecule has 1 aromatic carbocycles. The van der Waals surface area contributed by atoms with Crippen molar-refractivity contribution in [1.29, 1.82) is 0 Å². The van der Waals surface area contributed by atoms with Gasteiger partial charge in [0.25, 0.3) is 0 Å². The van der Waals surface area contributed by atoms with Crippen LogP contribution in [0.4, 0.5) is 0 Å². The molecule has 1 unspecified atom stereocenters. The number of nitrogens with one attached hydrogen (secondary N) is 1. The van der Waals surface area contributed by atoms with Crippen LogP contribution in [0.2, 0.25) is 0 Å². The lowest BCUT2D eigenvalue weighted by Crippen LogP contribution is -2.31. The summed E-state index contributed by atoms with van der Waals surface area (Å²) >= 11 is 0. The van der Waals surface area contributed by atoms with Crippen molar-refractivity contribution in [3.8, 4) is 0 Å². The Bertz CT molecular complexity index is 495. The van der Waals surface area contributed by atoms with E-state index in [1.165, 1.54) is 23.8 Å². The molecule has 2 heterocycles. The normalized spacial score (nSPS) is 21.4. The molecule has 3 heteroatoms. The zero-order valence-corrected chi connectivity index (χ0v) is 9.61. The van der Waals surface area contributed by atoms with Crippen LogP contribution in [-0.4, -0.2) is 22.9 Å². The zero-order valence-electron chi connectivity index (χ0n) is 9.61. The first-order valence-corrected chi connectivity index (χ1v) is 6.00. The van der Waals surface area contributed by atoms with E-state index in [9.17, 15) is 0 Å². The van der Waals surface area contributed by atoms with E-state index in [-0.39, 0.29) is 0 Å². The molecule has 1 atom stereocenters. The van der Waals surface area contributed by atoms with Gasteiger partial charge in [0.05, 0.1) is 11.6 Å². The second kappa shape index (κ2) is 3.91. The van der Waals surface area contributed by atoms with Crippen molar-refractivity contribution < 1.29 is 0 Å². The van der Waals surface area contributed by atoms with Crippen LogP contribution in [0.5, 0.6) is 0 Å². The van der Waals surface area contributed by atoms with Crippen molar-refractivity contribution in [3.63, 3.8) is 0 Å². The summed E-state index contributed by atoms with van der Waals surface area (Å²) in [5, 5.41) is 9.40. The van der Waals surface area contributed by atoms with Gasteiger partial charge in [-0.1, -0.05) is 18.2 Å². The van der Waals surface area contributed by atoms with E-state index < -0.39 is 0 Å². The second-order valence-electron chi connectivity index (χ2n) is 4.62. The lowest BCUT2D eigenvalue weighted by atomic mass is 10.1. The molecule has 1 aliphatic rings. The number of rotatable bonds is 1. The monoisotopic (exact) mass is 215 g/mol. The maximum Gasteiger partial charge on any atom is 0.0952 e. The molecule has 3 rings (SSSR count). The molecule has 2 aromatic rings. The Balaban J connectivity index is 2.01. The highest BCUT2D eigenvalue weighted by Crippen LogP contribution is 2.21. The minimum absolute atomic E-state index is 0.528. The SMILES string of the molecule is Cc1cccc2cn(C3CCCNC3)nc12. The van der Waals surface area contributed by atoms with Gasteiger partial charge in [0.1, 0.15) is 0 Å². The first kappa shape index (κ1) is 9.85. The van der Waals surface area contributed by atoms with Crippen molar-refractivity contribution in [1.82, 2.24) is 15.1 Å². The highest BCUT2D eigenvalue weighted by molar-refractivity contribution is 5.81. The third kappa shape index (κ3) is 1.61. The molecule has 1 N–H and O–H groups in total. The van der Waals surface area contributed by atoms with Crippen molar-refractivity contribution in [2.24, 2.45) is 0 Å². The molecular formula is C13H17N3. The molecule has 1 aromatic heterocycles. The largest absolute Gasteiger partial charge is 0.315 e. The Morgan fingerprint density at radius 1 is 1.44 bits per heavy atom. The number of hydrogen-bond donors (Lipinski definition) is 1. The highest BCUT2D eigenvalue weighted by atomic mass is 15.3. The van der Waals surface area contributed by atoms with Gasteiger partial charge in [0, 0.05) is 18.1 Å². The predicted octanol–water partition coefficient (Wildman–Crippen LogP) is 2.27. The first-order chi connectivity index (χ1) is 7.84. The van der Waals surface area contributed by atoms with Crippen LogP contribution in [0.25, 0.3) is 10.9 Å². The van der Waals surface area contributed by atoms with Crippen molar-refractivity contribution in [2.45, 2.75) is 25.8 Å². The molecule has 0 radical (unpaired) electrons. The fourth-order valence-corrected chi connectivity index (χ4v) is 2.46. The van der Waals surface area contributed by atoms with Gasteiger partial charge in [-0.3, -0.25) is 4.68 Å². The molecule has 16 heavy (non-hydrogen) atoms. The molecule has 0 spiro atoms. The minimum Gasteiger partial charge on any atom is -0.315 e. The number of aryl methyl sites for hydroxylation is 1. The Morgan fingerprint density at radius 2 is 2.38 bits per heavy atom. The highest BCUT2D eigenvalue weighted by Gasteiger charge is 2.16. The van der Waals surface area contributed by atoms with E-state index in [2.05, 4.69) is 41.3 Å². The van der Waals surface area contributed by atoms with E-state index in [1.54, 1.807) is 0 Å². The van der Waals surface area contributed by atoms with Gasteiger partial charge in [-0.2, -0.15) is 5.10 Å². The van der Waals surface area contributed by atoms with Crippen molar-refractivity contribution in [2.75, 3.05) is 13.1 Å². The number of fused-ring (bicyclic) bond motifs is 1. The van der Waals surface area contributed by atoms with Gasteiger partial charge in [0.2, 0.25) is 0 Å². The fourth-order valence-electron chi connectivity index (χ4n) is 2.46. The summed E-state index contributed by atoms with van der Waals surface area (Å²) in [5.41, 5.74) is 2.41. The summed E-state index contributed by atoms with van der Waals surface area (Å²) in [6, 6.07) is 6.89. The lowest BCUT2D eigenvalue weighted by Gasteiger charge is -2.22. The lowest BCUT2D eigenvalue weighted by molar-refractivity contribution is 0.348. The molecule has 0 amide bonds. The minimum atomic E-state index is 0.528. The molecule has 1 saturated heterocycles. The average molecular weight is 215 g/mol. The van der Waals surface area contributed by atoms with Gasteiger partial charge in [-0.25, -0.2) is 0 Å². The summed E-state index contributed by atoms with van der Waals surface area (Å²) in [7, 11) is 0. The molecule has 0 saturated carbocycles. The zero-order chi connectivity index (χ0) is 11.0. The second-order valence-corrected chi connectivity index (χ2v) is 4.62. The van der Waals surface area contributed by atoms with E-state index in [4.69, 9.17) is 5.10 Å². The van der Waals surface area contributed by atoms with Crippen LogP contribution in [-0.2, 0) is 0 Å². The van der Waals surface area contributed by atoms with Crippen molar-refractivity contribution in [3.05, 3.63) is 30.0 Å². The predicted molar refractivity (Wildman–Crippen MR) is 65.6 cm³/mol. The maximum atomic E-state index is 4.71. The topological polar surface area (TPSA) is 29.9 Å². The van der Waals surface area contributed by atoms with Gasteiger partial charge in [-0.15, -0.1) is 0 Å². The molecule has 0 aliphatic carbocycles. The average Bonchev–Trinajstić information content (AvgIpc) is 2.76. The van der Waals surface area contributed by atoms with Crippen LogP contribution in [0.15, 0.2) is 24.4 Å². The third-order valence-corrected chi connectivity index (χ3v) is 3.40.